The van der Waals surface area contributed by atoms with Crippen LogP contribution in [0.4, 0.5) is 0 Å². The van der Waals surface area contributed by atoms with Crippen molar-refractivity contribution in [3.63, 3.8) is 0 Å². The van der Waals surface area contributed by atoms with Gasteiger partial charge in [0.25, 0.3) is 0 Å². The Bertz CT molecular complexity index is 21.3. The fourth-order valence-electron chi connectivity index (χ4n) is 0.442. The van der Waals surface area contributed by atoms with E-state index in [1.807, 2.05) is 0 Å². The highest BCUT2D eigenvalue weighted by atomic mass is 15.1. The van der Waals surface area contributed by atoms with Crippen LogP contribution in [0.25, 0.3) is 0 Å². The Hall–Kier alpha value is -0.0800. The Morgan fingerprint density at radius 1 is 1.17 bits per heavy atom. The molecule has 2 nitrogen and oxygen atoms in total. The van der Waals surface area contributed by atoms with E-state index in [9.17, 15) is 0 Å². The van der Waals surface area contributed by atoms with Gasteiger partial charge < -0.3 is 10.6 Å². The molecular formula is C4H13N2+. The van der Waals surface area contributed by atoms with Gasteiger partial charge in [-0.15, -0.1) is 0 Å². The average molecular weight is 89.2 g/mol. The molecule has 6 heavy (non-hydrogen) atoms. The van der Waals surface area contributed by atoms with E-state index in [0.29, 0.717) is 0 Å². The molecular weight excluding hydrogens is 76.1 g/mol. The molecule has 1 fully saturated rings. The predicted molar refractivity (Wildman–Crippen MR) is 28.7 cm³/mol. The third-order valence-electron chi connectivity index (χ3n) is 0.729. The average Bonchev–Trinajstić information content (AvgIpc) is 1.76. The van der Waals surface area contributed by atoms with Crippen molar-refractivity contribution in [3.8, 4) is 0 Å². The molecule has 0 bridgehead atoms. The van der Waals surface area contributed by atoms with Crippen molar-refractivity contribution in [3.05, 3.63) is 0 Å². The maximum absolute atomic E-state index is 3.11. The predicted octanol–water partition coefficient (Wildman–Crippen LogP) is -0.115. The second-order valence-corrected chi connectivity index (χ2v) is 1.18. The molecule has 1 aliphatic rings. The van der Waals surface area contributed by atoms with Gasteiger partial charge in [0.05, 0.1) is 0 Å². The summed E-state index contributed by atoms with van der Waals surface area (Å²) in [6.45, 7) is 3.28. The van der Waals surface area contributed by atoms with E-state index < -0.39 is 0 Å². The monoisotopic (exact) mass is 89.1 g/mol. The highest BCUT2D eigenvalue weighted by Crippen LogP contribution is 1.62. The summed E-state index contributed by atoms with van der Waals surface area (Å²) in [5.41, 5.74) is 0. The van der Waals surface area contributed by atoms with Crippen molar-refractivity contribution in [2.45, 2.75) is 7.43 Å². The molecule has 0 amide bonds. The van der Waals surface area contributed by atoms with Gasteiger partial charge in [0.15, 0.2) is 0 Å². The molecule has 0 radical (unpaired) electrons. The van der Waals surface area contributed by atoms with E-state index in [2.05, 4.69) is 10.6 Å². The maximum atomic E-state index is 3.11. The molecule has 1 heterocycles. The lowest BCUT2D eigenvalue weighted by Gasteiger charge is -1.77. The first-order valence-corrected chi connectivity index (χ1v) is 1.91. The third-order valence-corrected chi connectivity index (χ3v) is 0.729. The minimum absolute atomic E-state index is 0. The molecule has 0 aromatic rings. The second-order valence-electron chi connectivity index (χ2n) is 1.18. The van der Waals surface area contributed by atoms with Crippen LogP contribution in [0.3, 0.4) is 0 Å². The van der Waals surface area contributed by atoms with Crippen LogP contribution in [-0.4, -0.2) is 19.8 Å². The van der Waals surface area contributed by atoms with Crippen LogP contribution in [0.5, 0.6) is 0 Å². The maximum Gasteiger partial charge on any atom is 1.00 e. The molecule has 0 aromatic heterocycles. The van der Waals surface area contributed by atoms with E-state index >= 15 is 0 Å². The van der Waals surface area contributed by atoms with E-state index in [4.69, 9.17) is 0 Å². The van der Waals surface area contributed by atoms with Crippen LogP contribution in [0.15, 0.2) is 0 Å². The van der Waals surface area contributed by atoms with Gasteiger partial charge in [0.2, 0.25) is 0 Å². The molecule has 0 aromatic carbocycles. The van der Waals surface area contributed by atoms with Crippen molar-refractivity contribution in [2.75, 3.05) is 19.8 Å². The first-order chi connectivity index (χ1) is 2.50. The van der Waals surface area contributed by atoms with Gasteiger partial charge in [-0.2, -0.15) is 0 Å². The zero-order valence-corrected chi connectivity index (χ0v) is 3.12. The molecule has 2 N–H and O–H groups in total. The topological polar surface area (TPSA) is 24.1 Å². The van der Waals surface area contributed by atoms with Crippen molar-refractivity contribution < 1.29 is 1.43 Å². The summed E-state index contributed by atoms with van der Waals surface area (Å²) in [6, 6.07) is 0. The van der Waals surface area contributed by atoms with Crippen LogP contribution in [0.2, 0.25) is 0 Å². The molecule has 0 unspecified atom stereocenters. The van der Waals surface area contributed by atoms with Gasteiger partial charge in [-0.3, -0.25) is 0 Å². The fourth-order valence-corrected chi connectivity index (χ4v) is 0.442. The molecule has 0 atom stereocenters. The Morgan fingerprint density at radius 2 is 1.67 bits per heavy atom. The van der Waals surface area contributed by atoms with Gasteiger partial charge in [-0.05, 0) is 0 Å². The summed E-state index contributed by atoms with van der Waals surface area (Å²) in [5.74, 6) is 0. The molecule has 0 spiro atoms. The van der Waals surface area contributed by atoms with Crippen LogP contribution >= 0.6 is 0 Å². The zero-order chi connectivity index (χ0) is 3.54. The first kappa shape index (κ1) is 5.92. The number of hydrogen-bond donors (Lipinski definition) is 2. The molecule has 2 heteroatoms. The van der Waals surface area contributed by atoms with Crippen molar-refractivity contribution in [1.82, 2.24) is 10.6 Å². The van der Waals surface area contributed by atoms with Crippen molar-refractivity contribution in [1.29, 1.82) is 0 Å². The third kappa shape index (κ3) is 1.38. The molecule has 0 aliphatic carbocycles. The first-order valence-electron chi connectivity index (χ1n) is 1.91. The molecule has 1 aliphatic heterocycles. The Balaban J connectivity index is 0. The van der Waals surface area contributed by atoms with E-state index in [-0.39, 0.29) is 8.85 Å². The van der Waals surface area contributed by atoms with Gasteiger partial charge in [-0.25, -0.2) is 0 Å². The standard InChI is InChI=1S/C3H8N2.CH4/c1-2-5-3-4-1;/h4-5H,1-3H2;1H4/p+1. The number of rotatable bonds is 0. The van der Waals surface area contributed by atoms with Crippen molar-refractivity contribution in [2.24, 2.45) is 0 Å². The van der Waals surface area contributed by atoms with Crippen LogP contribution in [0.1, 0.15) is 8.85 Å². The van der Waals surface area contributed by atoms with Gasteiger partial charge in [0, 0.05) is 19.8 Å². The fraction of sp³-hybridized carbons (Fsp3) is 1.00. The number of hydrogen-bond acceptors (Lipinski definition) is 2. The highest BCUT2D eigenvalue weighted by Gasteiger charge is 1.90. The summed E-state index contributed by atoms with van der Waals surface area (Å²) in [4.78, 5) is 0. The quantitative estimate of drug-likeness (QED) is 0.432. The highest BCUT2D eigenvalue weighted by molar-refractivity contribution is 4.55. The summed E-state index contributed by atoms with van der Waals surface area (Å²) in [6.07, 6.45) is 0. The lowest BCUT2D eigenvalue weighted by atomic mass is 10.7. The Morgan fingerprint density at radius 3 is 1.83 bits per heavy atom. The molecule has 0 saturated carbocycles. The second kappa shape index (κ2) is 3.12. The minimum Gasteiger partial charge on any atom is -0.303 e. The number of nitrogens with one attached hydrogen (secondary N) is 2. The summed E-state index contributed by atoms with van der Waals surface area (Å²) in [5, 5.41) is 6.22. The van der Waals surface area contributed by atoms with Crippen molar-refractivity contribution >= 4 is 0 Å². The normalized spacial score (nSPS) is 20.0. The van der Waals surface area contributed by atoms with Crippen LogP contribution in [0, 0.1) is 0 Å². The van der Waals surface area contributed by atoms with E-state index in [1.54, 1.807) is 0 Å². The summed E-state index contributed by atoms with van der Waals surface area (Å²) in [7, 11) is 0. The Kier molecular flexibility index (Phi) is 3.08. The zero-order valence-electron chi connectivity index (χ0n) is 4.12. The van der Waals surface area contributed by atoms with Gasteiger partial charge in [-0.1, -0.05) is 7.43 Å². The smallest absolute Gasteiger partial charge is 0.303 e. The lowest BCUT2D eigenvalue weighted by molar-refractivity contribution is 0.807. The van der Waals surface area contributed by atoms with Gasteiger partial charge in [0.1, 0.15) is 0 Å². The Labute approximate surface area is 40.4 Å². The van der Waals surface area contributed by atoms with Gasteiger partial charge >= 0.3 is 1.43 Å². The van der Waals surface area contributed by atoms with E-state index in [0.717, 1.165) is 19.8 Å². The molecule has 1 saturated heterocycles. The largest absolute Gasteiger partial charge is 1.00 e. The molecule has 38 valence electrons. The lowest BCUT2D eigenvalue weighted by Crippen LogP contribution is -2.11. The minimum atomic E-state index is 0. The SMILES string of the molecule is C.C1CNCN1.[H+]. The van der Waals surface area contributed by atoms with Crippen LogP contribution in [-0.2, 0) is 0 Å². The van der Waals surface area contributed by atoms with E-state index in [1.165, 1.54) is 0 Å². The molecule has 1 rings (SSSR count). The summed E-state index contributed by atoms with van der Waals surface area (Å²) >= 11 is 0. The summed E-state index contributed by atoms with van der Waals surface area (Å²) < 4.78 is 0. The van der Waals surface area contributed by atoms with Crippen LogP contribution < -0.4 is 10.6 Å².